The van der Waals surface area contributed by atoms with Gasteiger partial charge >= 0.3 is 0 Å². The fourth-order valence-electron chi connectivity index (χ4n) is 1.69. The average molecular weight is 183 g/mol. The molecule has 2 nitrogen and oxygen atoms in total. The maximum atomic E-state index is 5.70. The Bertz CT molecular complexity index is 158. The summed E-state index contributed by atoms with van der Waals surface area (Å²) in [5.74, 6) is 0. The standard InChI is InChI=1S/C11H21NO/c1-4-10(3)12-7-6-8-13-11(5-2)9-12/h4,10-11H,1,5-9H2,2-3H3. The fraction of sp³-hybridized carbons (Fsp3) is 0.818. The van der Waals surface area contributed by atoms with Gasteiger partial charge in [0.2, 0.25) is 0 Å². The quantitative estimate of drug-likeness (QED) is 0.621. The van der Waals surface area contributed by atoms with Crippen LogP contribution in [0.15, 0.2) is 12.7 Å². The van der Waals surface area contributed by atoms with Crippen LogP contribution in [0.4, 0.5) is 0 Å². The molecular formula is C11H21NO. The highest BCUT2D eigenvalue weighted by Gasteiger charge is 2.19. The summed E-state index contributed by atoms with van der Waals surface area (Å²) >= 11 is 0. The highest BCUT2D eigenvalue weighted by atomic mass is 16.5. The van der Waals surface area contributed by atoms with Gasteiger partial charge < -0.3 is 4.74 Å². The third kappa shape index (κ3) is 3.12. The second-order valence-corrected chi connectivity index (χ2v) is 3.73. The Morgan fingerprint density at radius 1 is 1.69 bits per heavy atom. The Morgan fingerprint density at radius 2 is 2.46 bits per heavy atom. The van der Waals surface area contributed by atoms with Crippen LogP contribution in [-0.4, -0.2) is 36.7 Å². The second kappa shape index (κ2) is 5.40. The summed E-state index contributed by atoms with van der Waals surface area (Å²) in [4.78, 5) is 2.45. The molecule has 1 aliphatic rings. The Labute approximate surface area is 81.6 Å². The topological polar surface area (TPSA) is 12.5 Å². The van der Waals surface area contributed by atoms with Gasteiger partial charge in [-0.05, 0) is 19.8 Å². The van der Waals surface area contributed by atoms with Crippen LogP contribution in [0.3, 0.4) is 0 Å². The van der Waals surface area contributed by atoms with Crippen molar-refractivity contribution in [2.45, 2.75) is 38.8 Å². The summed E-state index contributed by atoms with van der Waals surface area (Å²) in [7, 11) is 0. The van der Waals surface area contributed by atoms with E-state index in [4.69, 9.17) is 4.74 Å². The Hall–Kier alpha value is -0.340. The van der Waals surface area contributed by atoms with E-state index in [9.17, 15) is 0 Å². The highest BCUT2D eigenvalue weighted by Crippen LogP contribution is 2.11. The maximum absolute atomic E-state index is 5.70. The first kappa shape index (κ1) is 10.7. The van der Waals surface area contributed by atoms with Crippen LogP contribution >= 0.6 is 0 Å². The average Bonchev–Trinajstić information content (AvgIpc) is 2.41. The SMILES string of the molecule is C=CC(C)N1CCCOC(CC)C1. The molecule has 0 N–H and O–H groups in total. The van der Waals surface area contributed by atoms with E-state index in [2.05, 4.69) is 25.3 Å². The highest BCUT2D eigenvalue weighted by molar-refractivity contribution is 4.86. The van der Waals surface area contributed by atoms with Gasteiger partial charge in [0.25, 0.3) is 0 Å². The molecular weight excluding hydrogens is 162 g/mol. The van der Waals surface area contributed by atoms with Crippen molar-refractivity contribution in [1.82, 2.24) is 4.90 Å². The minimum absolute atomic E-state index is 0.421. The first-order chi connectivity index (χ1) is 6.27. The van der Waals surface area contributed by atoms with Crippen molar-refractivity contribution < 1.29 is 4.74 Å². The molecule has 1 fully saturated rings. The van der Waals surface area contributed by atoms with Crippen molar-refractivity contribution >= 4 is 0 Å². The Kier molecular flexibility index (Phi) is 4.46. The van der Waals surface area contributed by atoms with Crippen molar-refractivity contribution in [3.05, 3.63) is 12.7 Å². The van der Waals surface area contributed by atoms with Crippen LogP contribution in [0.5, 0.6) is 0 Å². The van der Waals surface area contributed by atoms with Gasteiger partial charge in [-0.3, -0.25) is 4.90 Å². The molecule has 0 saturated carbocycles. The number of hydrogen-bond donors (Lipinski definition) is 0. The first-order valence-electron chi connectivity index (χ1n) is 5.26. The van der Waals surface area contributed by atoms with E-state index in [1.165, 1.54) is 0 Å². The number of rotatable bonds is 3. The van der Waals surface area contributed by atoms with E-state index in [1.807, 2.05) is 6.08 Å². The molecule has 2 atom stereocenters. The molecule has 76 valence electrons. The van der Waals surface area contributed by atoms with E-state index in [1.54, 1.807) is 0 Å². The predicted molar refractivity (Wildman–Crippen MR) is 55.9 cm³/mol. The van der Waals surface area contributed by atoms with E-state index >= 15 is 0 Å². The Morgan fingerprint density at radius 3 is 3.08 bits per heavy atom. The molecule has 2 heteroatoms. The van der Waals surface area contributed by atoms with Crippen molar-refractivity contribution in [2.75, 3.05) is 19.7 Å². The van der Waals surface area contributed by atoms with Crippen molar-refractivity contribution in [1.29, 1.82) is 0 Å². The Balaban J connectivity index is 2.48. The smallest absolute Gasteiger partial charge is 0.0699 e. The fourth-order valence-corrected chi connectivity index (χ4v) is 1.69. The van der Waals surface area contributed by atoms with Crippen molar-refractivity contribution in [3.8, 4) is 0 Å². The lowest BCUT2D eigenvalue weighted by Gasteiger charge is -2.27. The lowest BCUT2D eigenvalue weighted by Crippen LogP contribution is -2.37. The summed E-state index contributed by atoms with van der Waals surface area (Å²) in [5, 5.41) is 0. The van der Waals surface area contributed by atoms with Gasteiger partial charge in [-0.1, -0.05) is 13.0 Å². The summed E-state index contributed by atoms with van der Waals surface area (Å²) in [6.45, 7) is 11.3. The summed E-state index contributed by atoms with van der Waals surface area (Å²) in [5.41, 5.74) is 0. The van der Waals surface area contributed by atoms with Gasteiger partial charge in [0.15, 0.2) is 0 Å². The minimum Gasteiger partial charge on any atom is -0.377 e. The van der Waals surface area contributed by atoms with Crippen LogP contribution in [0.1, 0.15) is 26.7 Å². The monoisotopic (exact) mass is 183 g/mol. The zero-order valence-electron chi connectivity index (χ0n) is 8.83. The van der Waals surface area contributed by atoms with Gasteiger partial charge in [0, 0.05) is 25.7 Å². The van der Waals surface area contributed by atoms with Crippen LogP contribution < -0.4 is 0 Å². The summed E-state index contributed by atoms with van der Waals surface area (Å²) < 4.78 is 5.70. The number of hydrogen-bond acceptors (Lipinski definition) is 2. The minimum atomic E-state index is 0.421. The molecule has 1 heterocycles. The first-order valence-corrected chi connectivity index (χ1v) is 5.26. The molecule has 0 aromatic heterocycles. The molecule has 0 aromatic rings. The van der Waals surface area contributed by atoms with Gasteiger partial charge in [0.05, 0.1) is 6.10 Å². The molecule has 1 saturated heterocycles. The van der Waals surface area contributed by atoms with Gasteiger partial charge in [0.1, 0.15) is 0 Å². The normalized spacial score (nSPS) is 28.0. The van der Waals surface area contributed by atoms with Gasteiger partial charge in [-0.25, -0.2) is 0 Å². The maximum Gasteiger partial charge on any atom is 0.0699 e. The molecule has 0 amide bonds. The third-order valence-corrected chi connectivity index (χ3v) is 2.75. The molecule has 0 aromatic carbocycles. The van der Waals surface area contributed by atoms with Crippen LogP contribution in [-0.2, 0) is 4.74 Å². The molecule has 2 unspecified atom stereocenters. The van der Waals surface area contributed by atoms with Crippen LogP contribution in [0.2, 0.25) is 0 Å². The van der Waals surface area contributed by atoms with Crippen molar-refractivity contribution in [3.63, 3.8) is 0 Å². The predicted octanol–water partition coefficient (Wildman–Crippen LogP) is 2.06. The number of nitrogens with zero attached hydrogens (tertiary/aromatic N) is 1. The zero-order chi connectivity index (χ0) is 9.68. The summed E-state index contributed by atoms with van der Waals surface area (Å²) in [6.07, 6.45) is 4.69. The second-order valence-electron chi connectivity index (χ2n) is 3.73. The van der Waals surface area contributed by atoms with Gasteiger partial charge in [-0.15, -0.1) is 6.58 Å². The van der Waals surface area contributed by atoms with Crippen LogP contribution in [0, 0.1) is 0 Å². The number of ether oxygens (including phenoxy) is 1. The molecule has 0 radical (unpaired) electrons. The molecule has 1 rings (SSSR count). The van der Waals surface area contributed by atoms with Crippen molar-refractivity contribution in [2.24, 2.45) is 0 Å². The van der Waals surface area contributed by atoms with E-state index in [-0.39, 0.29) is 0 Å². The van der Waals surface area contributed by atoms with E-state index < -0.39 is 0 Å². The van der Waals surface area contributed by atoms with E-state index in [0.29, 0.717) is 12.1 Å². The molecule has 1 aliphatic heterocycles. The molecule has 0 aliphatic carbocycles. The molecule has 0 bridgehead atoms. The lowest BCUT2D eigenvalue weighted by atomic mass is 10.2. The third-order valence-electron chi connectivity index (χ3n) is 2.75. The molecule has 0 spiro atoms. The summed E-state index contributed by atoms with van der Waals surface area (Å²) in [6, 6.07) is 0.482. The largest absolute Gasteiger partial charge is 0.377 e. The van der Waals surface area contributed by atoms with Crippen LogP contribution in [0.25, 0.3) is 0 Å². The van der Waals surface area contributed by atoms with Gasteiger partial charge in [-0.2, -0.15) is 0 Å². The zero-order valence-corrected chi connectivity index (χ0v) is 8.83. The lowest BCUT2D eigenvalue weighted by molar-refractivity contribution is 0.0494. The van der Waals surface area contributed by atoms with E-state index in [0.717, 1.165) is 32.5 Å². The molecule has 13 heavy (non-hydrogen) atoms.